The molecule has 1 saturated heterocycles. The standard InChI is InChI=1S/C17H36N2O/c1-4-6-8-10-13-17(3,12-9-7-5-2)18-15-16-11-14-19(16)20/h16,18,20H,4-15H2,1-3H3. The fourth-order valence-electron chi connectivity index (χ4n) is 3.01. The summed E-state index contributed by atoms with van der Waals surface area (Å²) in [5, 5.41) is 14.8. The summed E-state index contributed by atoms with van der Waals surface area (Å²) in [5.41, 5.74) is 0.263. The first-order chi connectivity index (χ1) is 9.61. The van der Waals surface area contributed by atoms with E-state index in [-0.39, 0.29) is 5.54 Å². The first-order valence-electron chi connectivity index (χ1n) is 8.82. The van der Waals surface area contributed by atoms with Crippen molar-refractivity contribution in [2.24, 2.45) is 0 Å². The number of nitrogens with one attached hydrogen (secondary N) is 1. The van der Waals surface area contributed by atoms with Crippen molar-refractivity contribution in [1.82, 2.24) is 10.4 Å². The van der Waals surface area contributed by atoms with Crippen molar-refractivity contribution in [1.29, 1.82) is 0 Å². The molecule has 1 heterocycles. The van der Waals surface area contributed by atoms with Crippen LogP contribution in [0, 0.1) is 0 Å². The summed E-state index contributed by atoms with van der Waals surface area (Å²) in [6, 6.07) is 0.344. The molecule has 3 heteroatoms. The van der Waals surface area contributed by atoms with Gasteiger partial charge in [-0.25, -0.2) is 0 Å². The van der Waals surface area contributed by atoms with Gasteiger partial charge in [0.15, 0.2) is 0 Å². The first-order valence-corrected chi connectivity index (χ1v) is 8.82. The molecule has 2 atom stereocenters. The van der Waals surface area contributed by atoms with E-state index in [4.69, 9.17) is 0 Å². The van der Waals surface area contributed by atoms with Crippen LogP contribution in [0.2, 0.25) is 0 Å². The van der Waals surface area contributed by atoms with Gasteiger partial charge in [-0.2, -0.15) is 5.06 Å². The van der Waals surface area contributed by atoms with Gasteiger partial charge in [-0.1, -0.05) is 58.8 Å². The van der Waals surface area contributed by atoms with Crippen LogP contribution in [0.3, 0.4) is 0 Å². The molecule has 1 aliphatic heterocycles. The maximum Gasteiger partial charge on any atom is 0.0488 e. The molecule has 0 saturated carbocycles. The maximum absolute atomic E-state index is 9.56. The number of unbranched alkanes of at least 4 members (excludes halogenated alkanes) is 5. The van der Waals surface area contributed by atoms with Crippen molar-refractivity contribution in [3.05, 3.63) is 0 Å². The monoisotopic (exact) mass is 284 g/mol. The molecule has 0 spiro atoms. The van der Waals surface area contributed by atoms with Crippen molar-refractivity contribution >= 4 is 0 Å². The summed E-state index contributed by atoms with van der Waals surface area (Å²) in [6.45, 7) is 8.70. The number of nitrogens with zero attached hydrogens (tertiary/aromatic N) is 1. The SMILES string of the molecule is CCCCCCC(C)(CCCCC)NCC1CCN1O. The summed E-state index contributed by atoms with van der Waals surface area (Å²) in [7, 11) is 0. The summed E-state index contributed by atoms with van der Waals surface area (Å²) in [4.78, 5) is 0. The molecule has 0 aromatic rings. The minimum atomic E-state index is 0.263. The minimum absolute atomic E-state index is 0.263. The second-order valence-electron chi connectivity index (χ2n) is 6.81. The zero-order chi connectivity index (χ0) is 14.8. The van der Waals surface area contributed by atoms with Gasteiger partial charge in [0.05, 0.1) is 0 Å². The Kier molecular flexibility index (Phi) is 8.74. The molecule has 0 aliphatic carbocycles. The molecule has 0 aromatic carbocycles. The summed E-state index contributed by atoms with van der Waals surface area (Å²) >= 11 is 0. The van der Waals surface area contributed by atoms with Crippen molar-refractivity contribution in [3.63, 3.8) is 0 Å². The Hall–Kier alpha value is -0.120. The molecular formula is C17H36N2O. The Balaban J connectivity index is 2.31. The lowest BCUT2D eigenvalue weighted by molar-refractivity contribution is -0.181. The van der Waals surface area contributed by atoms with Gasteiger partial charge in [0, 0.05) is 24.7 Å². The molecule has 1 fully saturated rings. The predicted octanol–water partition coefficient (Wildman–Crippen LogP) is 4.35. The van der Waals surface area contributed by atoms with Crippen LogP contribution in [0.25, 0.3) is 0 Å². The van der Waals surface area contributed by atoms with Crippen LogP contribution < -0.4 is 5.32 Å². The third-order valence-electron chi connectivity index (χ3n) is 4.79. The fraction of sp³-hybridized carbons (Fsp3) is 1.00. The largest absolute Gasteiger partial charge is 0.314 e. The highest BCUT2D eigenvalue weighted by atomic mass is 16.5. The molecule has 0 aromatic heterocycles. The Morgan fingerprint density at radius 3 is 2.15 bits per heavy atom. The zero-order valence-electron chi connectivity index (χ0n) is 14.0. The van der Waals surface area contributed by atoms with Crippen LogP contribution in [0.15, 0.2) is 0 Å². The van der Waals surface area contributed by atoms with E-state index in [0.717, 1.165) is 19.5 Å². The molecular weight excluding hydrogens is 248 g/mol. The Labute approximate surface area is 126 Å². The van der Waals surface area contributed by atoms with E-state index in [1.165, 1.54) is 62.9 Å². The smallest absolute Gasteiger partial charge is 0.0488 e. The van der Waals surface area contributed by atoms with Crippen LogP contribution >= 0.6 is 0 Å². The fourth-order valence-corrected chi connectivity index (χ4v) is 3.01. The molecule has 0 bridgehead atoms. The summed E-state index contributed by atoms with van der Waals surface area (Å²) in [5.74, 6) is 0. The van der Waals surface area contributed by atoms with E-state index in [0.29, 0.717) is 6.04 Å². The normalized spacial score (nSPS) is 22.5. The highest BCUT2D eigenvalue weighted by Gasteiger charge is 2.29. The average molecular weight is 284 g/mol. The molecule has 20 heavy (non-hydrogen) atoms. The van der Waals surface area contributed by atoms with Crippen LogP contribution in [0.1, 0.15) is 85.0 Å². The highest BCUT2D eigenvalue weighted by Crippen LogP contribution is 2.23. The lowest BCUT2D eigenvalue weighted by Crippen LogP contribution is -2.55. The Morgan fingerprint density at radius 1 is 1.05 bits per heavy atom. The number of hydrogen-bond donors (Lipinski definition) is 2. The first kappa shape index (κ1) is 17.9. The van der Waals surface area contributed by atoms with Crippen LogP contribution in [0.4, 0.5) is 0 Å². The second kappa shape index (κ2) is 9.75. The molecule has 2 unspecified atom stereocenters. The van der Waals surface area contributed by atoms with Gasteiger partial charge in [0.1, 0.15) is 0 Å². The molecule has 0 amide bonds. The van der Waals surface area contributed by atoms with Crippen LogP contribution in [-0.4, -0.2) is 34.9 Å². The second-order valence-corrected chi connectivity index (χ2v) is 6.81. The van der Waals surface area contributed by atoms with Crippen molar-refractivity contribution in [2.75, 3.05) is 13.1 Å². The molecule has 3 nitrogen and oxygen atoms in total. The van der Waals surface area contributed by atoms with E-state index in [9.17, 15) is 5.21 Å². The van der Waals surface area contributed by atoms with Gasteiger partial charge in [0.25, 0.3) is 0 Å². The van der Waals surface area contributed by atoms with Crippen LogP contribution in [-0.2, 0) is 0 Å². The van der Waals surface area contributed by atoms with Gasteiger partial charge in [-0.15, -0.1) is 0 Å². The Morgan fingerprint density at radius 2 is 1.65 bits per heavy atom. The van der Waals surface area contributed by atoms with Gasteiger partial charge < -0.3 is 10.5 Å². The van der Waals surface area contributed by atoms with Crippen molar-refractivity contribution in [2.45, 2.75) is 96.6 Å². The topological polar surface area (TPSA) is 35.5 Å². The summed E-state index contributed by atoms with van der Waals surface area (Å²) < 4.78 is 0. The molecule has 2 N–H and O–H groups in total. The third-order valence-corrected chi connectivity index (χ3v) is 4.79. The van der Waals surface area contributed by atoms with Gasteiger partial charge in [0.2, 0.25) is 0 Å². The zero-order valence-corrected chi connectivity index (χ0v) is 14.0. The third kappa shape index (κ3) is 6.55. The minimum Gasteiger partial charge on any atom is -0.314 e. The molecule has 1 aliphatic rings. The Bertz CT molecular complexity index is 247. The molecule has 0 radical (unpaired) electrons. The van der Waals surface area contributed by atoms with E-state index >= 15 is 0 Å². The van der Waals surface area contributed by atoms with E-state index in [2.05, 4.69) is 26.1 Å². The van der Waals surface area contributed by atoms with Crippen molar-refractivity contribution < 1.29 is 5.21 Å². The lowest BCUT2D eigenvalue weighted by atomic mass is 9.87. The predicted molar refractivity (Wildman–Crippen MR) is 86.2 cm³/mol. The summed E-state index contributed by atoms with van der Waals surface area (Å²) in [6.07, 6.45) is 13.0. The van der Waals surface area contributed by atoms with Crippen LogP contribution in [0.5, 0.6) is 0 Å². The van der Waals surface area contributed by atoms with E-state index < -0.39 is 0 Å². The van der Waals surface area contributed by atoms with Gasteiger partial charge in [-0.3, -0.25) is 0 Å². The lowest BCUT2D eigenvalue weighted by Gasteiger charge is -2.39. The van der Waals surface area contributed by atoms with E-state index in [1.54, 1.807) is 0 Å². The highest BCUT2D eigenvalue weighted by molar-refractivity contribution is 4.87. The van der Waals surface area contributed by atoms with Crippen molar-refractivity contribution in [3.8, 4) is 0 Å². The molecule has 120 valence electrons. The molecule has 1 rings (SSSR count). The average Bonchev–Trinajstić information content (AvgIpc) is 2.42. The number of rotatable bonds is 12. The van der Waals surface area contributed by atoms with E-state index in [1.807, 2.05) is 0 Å². The maximum atomic E-state index is 9.56. The quantitative estimate of drug-likeness (QED) is 0.523. The van der Waals surface area contributed by atoms with Gasteiger partial charge >= 0.3 is 0 Å². The number of hydrogen-bond acceptors (Lipinski definition) is 3. The number of hydroxylamine groups is 2. The van der Waals surface area contributed by atoms with Gasteiger partial charge in [-0.05, 0) is 26.2 Å².